The Morgan fingerprint density at radius 1 is 1.32 bits per heavy atom. The fourth-order valence-electron chi connectivity index (χ4n) is 1.49. The van der Waals surface area contributed by atoms with E-state index in [2.05, 4.69) is 4.74 Å². The highest BCUT2D eigenvalue weighted by Gasteiger charge is 2.41. The number of ether oxygens (including phenoxy) is 1. The van der Waals surface area contributed by atoms with Crippen LogP contribution in [-0.4, -0.2) is 30.7 Å². The Labute approximate surface area is 109 Å². The van der Waals surface area contributed by atoms with E-state index in [1.807, 2.05) is 13.0 Å². The molecule has 108 valence electrons. The second-order valence-corrected chi connectivity index (χ2v) is 4.19. The van der Waals surface area contributed by atoms with Gasteiger partial charge in [-0.15, -0.1) is 0 Å². The van der Waals surface area contributed by atoms with Gasteiger partial charge in [0, 0.05) is 0 Å². The van der Waals surface area contributed by atoms with Crippen LogP contribution in [0.3, 0.4) is 0 Å². The van der Waals surface area contributed by atoms with Gasteiger partial charge in [0.25, 0.3) is 0 Å². The Hall–Kier alpha value is -1.14. The normalized spacial score (nSPS) is 13.8. The van der Waals surface area contributed by atoms with E-state index in [-0.39, 0.29) is 0 Å². The lowest BCUT2D eigenvalue weighted by molar-refractivity contribution is -0.170. The van der Waals surface area contributed by atoms with Crippen molar-refractivity contribution >= 4 is 0 Å². The molecule has 0 aromatic heterocycles. The summed E-state index contributed by atoms with van der Waals surface area (Å²) in [5.74, 6) is -4.19. The fraction of sp³-hybridized carbons (Fsp3) is 0.538. The molecule has 6 heteroatoms. The van der Waals surface area contributed by atoms with Crippen molar-refractivity contribution in [2.24, 2.45) is 0 Å². The predicted octanol–water partition coefficient (Wildman–Crippen LogP) is 3.20. The molecule has 0 radical (unpaired) electrons. The minimum atomic E-state index is -4.19. The van der Waals surface area contributed by atoms with Crippen molar-refractivity contribution in [1.29, 1.82) is 0 Å². The number of halogens is 4. The zero-order valence-corrected chi connectivity index (χ0v) is 10.5. The van der Waals surface area contributed by atoms with Crippen LogP contribution in [0.1, 0.15) is 24.2 Å². The molecule has 0 heterocycles. The molecule has 0 saturated heterocycles. The van der Waals surface area contributed by atoms with Gasteiger partial charge in [0.2, 0.25) is 0 Å². The SMILES string of the molecule is CCc1cccc(C(O)COCC(F)(F)C(F)F)c1. The maximum absolute atomic E-state index is 12.6. The number of aliphatic hydroxyl groups excluding tert-OH is 1. The molecule has 1 aromatic carbocycles. The molecule has 0 fully saturated rings. The monoisotopic (exact) mass is 280 g/mol. The van der Waals surface area contributed by atoms with Crippen LogP contribution in [0.5, 0.6) is 0 Å². The molecule has 0 aliphatic rings. The molecule has 0 saturated carbocycles. The molecule has 1 aromatic rings. The fourth-order valence-corrected chi connectivity index (χ4v) is 1.49. The van der Waals surface area contributed by atoms with E-state index in [0.717, 1.165) is 12.0 Å². The van der Waals surface area contributed by atoms with E-state index in [1.54, 1.807) is 18.2 Å². The summed E-state index contributed by atoms with van der Waals surface area (Å²) in [6.45, 7) is 0.0792. The van der Waals surface area contributed by atoms with Crippen molar-refractivity contribution in [3.8, 4) is 0 Å². The third-order valence-corrected chi connectivity index (χ3v) is 2.63. The first-order valence-electron chi connectivity index (χ1n) is 5.87. The van der Waals surface area contributed by atoms with Gasteiger partial charge in [-0.25, -0.2) is 8.78 Å². The number of aliphatic hydroxyl groups is 1. The van der Waals surface area contributed by atoms with E-state index in [4.69, 9.17) is 0 Å². The summed E-state index contributed by atoms with van der Waals surface area (Å²) in [7, 11) is 0. The van der Waals surface area contributed by atoms with Gasteiger partial charge >= 0.3 is 12.3 Å². The van der Waals surface area contributed by atoms with Crippen LogP contribution >= 0.6 is 0 Å². The number of hydrogen-bond donors (Lipinski definition) is 1. The van der Waals surface area contributed by atoms with Crippen LogP contribution in [0.15, 0.2) is 24.3 Å². The molecular weight excluding hydrogens is 264 g/mol. The molecule has 0 aliphatic carbocycles. The van der Waals surface area contributed by atoms with E-state index in [9.17, 15) is 22.7 Å². The van der Waals surface area contributed by atoms with Crippen molar-refractivity contribution in [2.75, 3.05) is 13.2 Å². The number of hydrogen-bond acceptors (Lipinski definition) is 2. The van der Waals surface area contributed by atoms with Gasteiger partial charge in [0.05, 0.1) is 6.61 Å². The highest BCUT2D eigenvalue weighted by atomic mass is 19.3. The maximum atomic E-state index is 12.6. The largest absolute Gasteiger partial charge is 0.386 e. The Kier molecular flexibility index (Phi) is 5.75. The number of benzene rings is 1. The summed E-state index contributed by atoms with van der Waals surface area (Å²) in [6.07, 6.45) is -4.11. The molecule has 0 aliphatic heterocycles. The topological polar surface area (TPSA) is 29.5 Å². The highest BCUT2D eigenvalue weighted by molar-refractivity contribution is 5.25. The summed E-state index contributed by atoms with van der Waals surface area (Å²) in [4.78, 5) is 0. The highest BCUT2D eigenvalue weighted by Crippen LogP contribution is 2.24. The van der Waals surface area contributed by atoms with E-state index in [1.165, 1.54) is 0 Å². The molecule has 19 heavy (non-hydrogen) atoms. The Morgan fingerprint density at radius 2 is 2.00 bits per heavy atom. The smallest absolute Gasteiger partial charge is 0.330 e. The van der Waals surface area contributed by atoms with Crippen LogP contribution < -0.4 is 0 Å². The van der Waals surface area contributed by atoms with Crippen molar-refractivity contribution in [2.45, 2.75) is 31.8 Å². The Bertz CT molecular complexity index is 396. The van der Waals surface area contributed by atoms with Crippen LogP contribution in [0, 0.1) is 0 Å². The van der Waals surface area contributed by atoms with Gasteiger partial charge in [-0.05, 0) is 17.5 Å². The van der Waals surface area contributed by atoms with Gasteiger partial charge in [-0.2, -0.15) is 8.78 Å². The molecule has 0 amide bonds. The van der Waals surface area contributed by atoms with E-state index < -0.39 is 31.7 Å². The molecule has 1 N–H and O–H groups in total. The third-order valence-electron chi connectivity index (χ3n) is 2.63. The number of aryl methyl sites for hydroxylation is 1. The molecule has 0 spiro atoms. The van der Waals surface area contributed by atoms with Gasteiger partial charge in [0.1, 0.15) is 12.7 Å². The third kappa shape index (κ3) is 4.80. The average Bonchev–Trinajstić information content (AvgIpc) is 2.38. The first-order chi connectivity index (χ1) is 8.86. The molecule has 2 nitrogen and oxygen atoms in total. The molecular formula is C13H16F4O2. The Balaban J connectivity index is 2.49. The van der Waals surface area contributed by atoms with Crippen molar-refractivity contribution < 1.29 is 27.4 Å². The number of rotatable bonds is 7. The Morgan fingerprint density at radius 3 is 2.58 bits per heavy atom. The van der Waals surface area contributed by atoms with Gasteiger partial charge in [0.15, 0.2) is 0 Å². The van der Waals surface area contributed by atoms with Crippen LogP contribution in [0.25, 0.3) is 0 Å². The second kappa shape index (κ2) is 6.86. The van der Waals surface area contributed by atoms with Gasteiger partial charge in [-0.1, -0.05) is 31.2 Å². The van der Waals surface area contributed by atoms with E-state index >= 15 is 0 Å². The van der Waals surface area contributed by atoms with Crippen LogP contribution in [0.2, 0.25) is 0 Å². The summed E-state index contributed by atoms with van der Waals surface area (Å²) in [5, 5.41) is 9.72. The summed E-state index contributed by atoms with van der Waals surface area (Å²) < 4.78 is 53.3. The molecule has 1 unspecified atom stereocenters. The van der Waals surface area contributed by atoms with Crippen molar-refractivity contribution in [3.63, 3.8) is 0 Å². The lowest BCUT2D eigenvalue weighted by Gasteiger charge is -2.17. The molecule has 0 bridgehead atoms. The van der Waals surface area contributed by atoms with Gasteiger partial charge < -0.3 is 9.84 Å². The molecule has 1 atom stereocenters. The summed E-state index contributed by atoms with van der Waals surface area (Å²) in [5.41, 5.74) is 1.49. The summed E-state index contributed by atoms with van der Waals surface area (Å²) in [6, 6.07) is 6.94. The maximum Gasteiger partial charge on any atom is 0.330 e. The second-order valence-electron chi connectivity index (χ2n) is 4.19. The minimum Gasteiger partial charge on any atom is -0.386 e. The summed E-state index contributed by atoms with van der Waals surface area (Å²) >= 11 is 0. The van der Waals surface area contributed by atoms with E-state index in [0.29, 0.717) is 5.56 Å². The van der Waals surface area contributed by atoms with Crippen molar-refractivity contribution in [3.05, 3.63) is 35.4 Å². The first-order valence-corrected chi connectivity index (χ1v) is 5.87. The first kappa shape index (κ1) is 15.9. The predicted molar refractivity (Wildman–Crippen MR) is 62.5 cm³/mol. The lowest BCUT2D eigenvalue weighted by atomic mass is 10.1. The molecule has 1 rings (SSSR count). The zero-order chi connectivity index (χ0) is 14.5. The average molecular weight is 280 g/mol. The van der Waals surface area contributed by atoms with Crippen LogP contribution in [-0.2, 0) is 11.2 Å². The van der Waals surface area contributed by atoms with Gasteiger partial charge in [-0.3, -0.25) is 0 Å². The van der Waals surface area contributed by atoms with Crippen molar-refractivity contribution in [1.82, 2.24) is 0 Å². The quantitative estimate of drug-likeness (QED) is 0.777. The zero-order valence-electron chi connectivity index (χ0n) is 10.5. The minimum absolute atomic E-state index is 0.449. The standard InChI is InChI=1S/C13H16F4O2/c1-2-9-4-3-5-10(6-9)11(18)7-19-8-13(16,17)12(14)15/h3-6,11-12,18H,2,7-8H2,1H3. The number of alkyl halides is 4. The lowest BCUT2D eigenvalue weighted by Crippen LogP contribution is -2.33. The van der Waals surface area contributed by atoms with Crippen LogP contribution in [0.4, 0.5) is 17.6 Å².